The number of nitrogens with zero attached hydrogens (tertiary/aromatic N) is 2. The number of allylic oxidation sites excluding steroid dienone is 1. The summed E-state index contributed by atoms with van der Waals surface area (Å²) >= 11 is 0. The van der Waals surface area contributed by atoms with Crippen LogP contribution in [0.4, 0.5) is 5.69 Å². The highest BCUT2D eigenvalue weighted by Gasteiger charge is 2.60. The lowest BCUT2D eigenvalue weighted by Gasteiger charge is -2.58. The molecule has 7 heteroatoms. The first-order valence-corrected chi connectivity index (χ1v) is 14.5. The zero-order chi connectivity index (χ0) is 26.7. The second-order valence-corrected chi connectivity index (χ2v) is 12.9. The number of hydrogen-bond donors (Lipinski definition) is 0. The van der Waals surface area contributed by atoms with Gasteiger partial charge in [-0.3, -0.25) is 19.9 Å². The van der Waals surface area contributed by atoms with E-state index >= 15 is 0 Å². The van der Waals surface area contributed by atoms with Gasteiger partial charge in [0.2, 0.25) is 5.90 Å². The third-order valence-corrected chi connectivity index (χ3v) is 11.2. The number of benzene rings is 1. The van der Waals surface area contributed by atoms with Crippen molar-refractivity contribution < 1.29 is 19.2 Å². The smallest absolute Gasteiger partial charge is 0.302 e. The first-order valence-electron chi connectivity index (χ1n) is 14.5. The number of ether oxygens (including phenoxy) is 2. The van der Waals surface area contributed by atoms with Crippen molar-refractivity contribution in [2.45, 2.75) is 90.8 Å². The predicted molar refractivity (Wildman–Crippen MR) is 145 cm³/mol. The van der Waals surface area contributed by atoms with E-state index in [1.807, 2.05) is 0 Å². The summed E-state index contributed by atoms with van der Waals surface area (Å²) in [5.41, 5.74) is 2.94. The molecule has 1 aliphatic heterocycles. The molecule has 3 saturated carbocycles. The van der Waals surface area contributed by atoms with Gasteiger partial charge in [0.15, 0.2) is 0 Å². The van der Waals surface area contributed by atoms with Gasteiger partial charge < -0.3 is 9.47 Å². The Hall–Kier alpha value is -2.70. The summed E-state index contributed by atoms with van der Waals surface area (Å²) in [6.07, 6.45) is 12.8. The normalized spacial score (nSPS) is 40.0. The number of fused-ring (bicyclic) bond motifs is 5. The van der Waals surface area contributed by atoms with Crippen LogP contribution in [0.3, 0.4) is 0 Å². The van der Waals surface area contributed by atoms with E-state index in [2.05, 4.69) is 24.9 Å². The minimum Gasteiger partial charge on any atom is -0.474 e. The molecule has 0 N–H and O–H groups in total. The minimum atomic E-state index is -0.374. The van der Waals surface area contributed by atoms with E-state index in [-0.39, 0.29) is 39.6 Å². The van der Waals surface area contributed by atoms with Crippen molar-refractivity contribution in [3.8, 4) is 0 Å². The third kappa shape index (κ3) is 4.17. The average Bonchev–Trinajstić information content (AvgIpc) is 3.26. The Morgan fingerprint density at radius 3 is 2.55 bits per heavy atom. The zero-order valence-corrected chi connectivity index (χ0v) is 22.9. The first-order chi connectivity index (χ1) is 18.2. The molecule has 0 bridgehead atoms. The molecule has 1 aromatic carbocycles. The summed E-state index contributed by atoms with van der Waals surface area (Å²) in [5, 5.41) is 11.1. The van der Waals surface area contributed by atoms with Crippen LogP contribution in [-0.2, 0) is 14.3 Å². The summed E-state index contributed by atoms with van der Waals surface area (Å²) in [6.45, 7) is 7.29. The molecule has 8 atom stereocenters. The first kappa shape index (κ1) is 25.6. The van der Waals surface area contributed by atoms with Gasteiger partial charge in [-0.25, -0.2) is 0 Å². The van der Waals surface area contributed by atoms with Gasteiger partial charge in [-0.05, 0) is 85.7 Å². The summed E-state index contributed by atoms with van der Waals surface area (Å²) in [5.74, 6) is 3.11. The maximum absolute atomic E-state index is 11.6. The molecule has 0 saturated heterocycles. The van der Waals surface area contributed by atoms with Crippen LogP contribution in [0.5, 0.6) is 0 Å². The van der Waals surface area contributed by atoms with Crippen LogP contribution < -0.4 is 0 Å². The van der Waals surface area contributed by atoms with Gasteiger partial charge in [-0.15, -0.1) is 0 Å². The molecule has 38 heavy (non-hydrogen) atoms. The van der Waals surface area contributed by atoms with Crippen LogP contribution in [0.15, 0.2) is 40.9 Å². The largest absolute Gasteiger partial charge is 0.474 e. The fourth-order valence-corrected chi connectivity index (χ4v) is 9.32. The van der Waals surface area contributed by atoms with Gasteiger partial charge in [0.1, 0.15) is 12.2 Å². The van der Waals surface area contributed by atoms with E-state index in [0.717, 1.165) is 44.2 Å². The number of esters is 1. The van der Waals surface area contributed by atoms with Crippen LogP contribution in [0.25, 0.3) is 0 Å². The SMILES string of the molecule is CC(=O)O[C@H]1CC[C@@]2(C)C(=CC[C@H]3[C@@H]4CC[C@H]([C@H]5CCN=C(c6ccc([N+](=O)[O-])cc6)O5)[C@@]4(C)CC[C@@H]32)C1. The Kier molecular flexibility index (Phi) is 6.39. The monoisotopic (exact) mass is 520 g/mol. The highest BCUT2D eigenvalue weighted by atomic mass is 16.6. The molecule has 0 unspecified atom stereocenters. The maximum atomic E-state index is 11.6. The average molecular weight is 521 g/mol. The number of rotatable bonds is 4. The third-order valence-electron chi connectivity index (χ3n) is 11.2. The number of carbonyl (C=O) groups excluding carboxylic acids is 1. The Balaban J connectivity index is 1.18. The summed E-state index contributed by atoms with van der Waals surface area (Å²) in [6, 6.07) is 6.58. The molecule has 6 rings (SSSR count). The Morgan fingerprint density at radius 2 is 1.82 bits per heavy atom. The van der Waals surface area contributed by atoms with E-state index in [1.54, 1.807) is 12.1 Å². The Morgan fingerprint density at radius 1 is 1.05 bits per heavy atom. The molecule has 0 aromatic heterocycles. The number of carbonyl (C=O) groups is 1. The predicted octanol–water partition coefficient (Wildman–Crippen LogP) is 6.64. The van der Waals surface area contributed by atoms with Crippen molar-refractivity contribution in [1.29, 1.82) is 0 Å². The van der Waals surface area contributed by atoms with Crippen molar-refractivity contribution in [2.75, 3.05) is 6.54 Å². The lowest BCUT2D eigenvalue weighted by Crippen LogP contribution is -2.52. The molecule has 3 fully saturated rings. The molecular weight excluding hydrogens is 480 g/mol. The maximum Gasteiger partial charge on any atom is 0.302 e. The molecule has 1 heterocycles. The molecular formula is C31H40N2O5. The minimum absolute atomic E-state index is 0.0446. The van der Waals surface area contributed by atoms with Gasteiger partial charge in [0, 0.05) is 49.9 Å². The molecule has 1 aromatic rings. The Bertz CT molecular complexity index is 1180. The standard InChI is InChI=1S/C31H40N2O5/c1-19(34)37-23-12-15-30(2)21(18-23)6-9-24-25-10-11-27(31(25,3)16-13-26(24)30)28-14-17-32-29(38-28)20-4-7-22(8-5-20)33(35)36/h4-8,23-28H,9-18H2,1-3H3/t23-,24-,25-,26-,27+,28+,30-,31-/m0/s1. The number of nitro benzene ring substituents is 1. The molecule has 0 radical (unpaired) electrons. The molecule has 7 nitrogen and oxygen atoms in total. The quantitative estimate of drug-likeness (QED) is 0.192. The van der Waals surface area contributed by atoms with Crippen molar-refractivity contribution >= 4 is 17.6 Å². The number of nitro groups is 1. The molecule has 5 aliphatic rings. The van der Waals surface area contributed by atoms with Gasteiger partial charge >= 0.3 is 5.97 Å². The van der Waals surface area contributed by atoms with Crippen molar-refractivity contribution in [2.24, 2.45) is 39.5 Å². The number of hydrogen-bond acceptors (Lipinski definition) is 6. The van der Waals surface area contributed by atoms with Crippen LogP contribution in [0.2, 0.25) is 0 Å². The molecule has 4 aliphatic carbocycles. The van der Waals surface area contributed by atoms with Gasteiger partial charge in [0.05, 0.1) is 4.92 Å². The Labute approximate surface area is 225 Å². The van der Waals surface area contributed by atoms with Crippen LogP contribution in [0, 0.1) is 44.6 Å². The van der Waals surface area contributed by atoms with Gasteiger partial charge in [-0.1, -0.05) is 25.5 Å². The van der Waals surface area contributed by atoms with E-state index in [0.29, 0.717) is 29.6 Å². The van der Waals surface area contributed by atoms with E-state index in [9.17, 15) is 14.9 Å². The van der Waals surface area contributed by atoms with E-state index < -0.39 is 0 Å². The van der Waals surface area contributed by atoms with Crippen LogP contribution in [-0.4, -0.2) is 35.5 Å². The van der Waals surface area contributed by atoms with Crippen LogP contribution >= 0.6 is 0 Å². The summed E-state index contributed by atoms with van der Waals surface area (Å²) in [7, 11) is 0. The fraction of sp³-hybridized carbons (Fsp3) is 0.677. The van der Waals surface area contributed by atoms with Crippen LogP contribution in [0.1, 0.15) is 84.1 Å². The highest BCUT2D eigenvalue weighted by Crippen LogP contribution is 2.67. The number of aliphatic imine (C=N–C) groups is 1. The lowest BCUT2D eigenvalue weighted by molar-refractivity contribution is -0.384. The van der Waals surface area contributed by atoms with Crippen molar-refractivity contribution in [3.63, 3.8) is 0 Å². The molecule has 0 spiro atoms. The number of non-ortho nitro benzene ring substituents is 1. The second kappa shape index (κ2) is 9.49. The molecule has 204 valence electrons. The summed E-state index contributed by atoms with van der Waals surface area (Å²) in [4.78, 5) is 26.9. The lowest BCUT2D eigenvalue weighted by atomic mass is 9.47. The van der Waals surface area contributed by atoms with Gasteiger partial charge in [0.25, 0.3) is 5.69 Å². The van der Waals surface area contributed by atoms with Crippen molar-refractivity contribution in [1.82, 2.24) is 0 Å². The fourth-order valence-electron chi connectivity index (χ4n) is 9.32. The second-order valence-electron chi connectivity index (χ2n) is 12.9. The van der Waals surface area contributed by atoms with Crippen molar-refractivity contribution in [3.05, 3.63) is 51.6 Å². The zero-order valence-electron chi connectivity index (χ0n) is 22.9. The topological polar surface area (TPSA) is 91.0 Å². The van der Waals surface area contributed by atoms with E-state index in [4.69, 9.17) is 9.47 Å². The summed E-state index contributed by atoms with van der Waals surface area (Å²) < 4.78 is 12.2. The molecule has 0 amide bonds. The highest BCUT2D eigenvalue weighted by molar-refractivity contribution is 5.94. The van der Waals surface area contributed by atoms with E-state index in [1.165, 1.54) is 50.3 Å². The van der Waals surface area contributed by atoms with Gasteiger partial charge in [-0.2, -0.15) is 0 Å².